The summed E-state index contributed by atoms with van der Waals surface area (Å²) in [5.41, 5.74) is 1.81. The van der Waals surface area contributed by atoms with Crippen LogP contribution >= 0.6 is 0 Å². The van der Waals surface area contributed by atoms with E-state index in [-0.39, 0.29) is 18.5 Å². The first-order chi connectivity index (χ1) is 11.2. The number of hydrogen-bond donors (Lipinski definition) is 3. The Labute approximate surface area is 136 Å². The quantitative estimate of drug-likeness (QED) is 0.582. The molecule has 2 aromatic rings. The van der Waals surface area contributed by atoms with Crippen molar-refractivity contribution in [3.8, 4) is 0 Å². The minimum atomic E-state index is -0.159. The lowest BCUT2D eigenvalue weighted by Crippen LogP contribution is -2.42. The van der Waals surface area contributed by atoms with Crippen LogP contribution in [0.1, 0.15) is 18.5 Å². The molecule has 0 fully saturated rings. The second-order valence-corrected chi connectivity index (χ2v) is 4.99. The van der Waals surface area contributed by atoms with Crippen LogP contribution in [0.5, 0.6) is 0 Å². The number of aliphatic imine (C=N–C) groups is 1. The van der Waals surface area contributed by atoms with Crippen molar-refractivity contribution in [2.45, 2.75) is 13.0 Å². The van der Waals surface area contributed by atoms with E-state index in [1.54, 1.807) is 31.6 Å². The number of hydrogen-bond acceptors (Lipinski definition) is 3. The Bertz CT molecular complexity index is 643. The Morgan fingerprint density at radius 1 is 1.22 bits per heavy atom. The summed E-state index contributed by atoms with van der Waals surface area (Å²) in [6, 6.07) is 13.7. The van der Waals surface area contributed by atoms with Crippen molar-refractivity contribution in [2.75, 3.05) is 18.9 Å². The van der Waals surface area contributed by atoms with Gasteiger partial charge in [-0.25, -0.2) is 0 Å². The number of nitrogens with zero attached hydrogens (tertiary/aromatic N) is 2. The van der Waals surface area contributed by atoms with Crippen LogP contribution in [0.15, 0.2) is 59.9 Å². The predicted molar refractivity (Wildman–Crippen MR) is 92.2 cm³/mol. The molecule has 2 rings (SSSR count). The molecule has 0 aliphatic rings. The van der Waals surface area contributed by atoms with Crippen LogP contribution < -0.4 is 16.0 Å². The van der Waals surface area contributed by atoms with E-state index in [1.165, 1.54) is 0 Å². The maximum absolute atomic E-state index is 11.9. The van der Waals surface area contributed by atoms with E-state index in [0.717, 1.165) is 5.56 Å². The maximum atomic E-state index is 11.9. The number of rotatable bonds is 5. The second-order valence-electron chi connectivity index (χ2n) is 4.99. The average molecular weight is 311 g/mol. The van der Waals surface area contributed by atoms with Crippen molar-refractivity contribution < 1.29 is 4.79 Å². The van der Waals surface area contributed by atoms with Crippen LogP contribution in [0.3, 0.4) is 0 Å². The van der Waals surface area contributed by atoms with Crippen molar-refractivity contribution in [3.63, 3.8) is 0 Å². The van der Waals surface area contributed by atoms with Gasteiger partial charge < -0.3 is 16.0 Å². The van der Waals surface area contributed by atoms with Gasteiger partial charge in [-0.3, -0.25) is 14.8 Å². The zero-order valence-electron chi connectivity index (χ0n) is 13.3. The molecule has 1 amide bonds. The Morgan fingerprint density at radius 2 is 2.00 bits per heavy atom. The number of pyridine rings is 1. The molecule has 0 saturated carbocycles. The van der Waals surface area contributed by atoms with Crippen molar-refractivity contribution in [1.82, 2.24) is 15.6 Å². The standard InChI is InChI=1S/C17H21N5O/c1-13(14-7-4-3-5-8-14)21-17(18-2)20-12-16(23)22-15-9-6-10-19-11-15/h3-11,13H,12H2,1-2H3,(H,22,23)(H2,18,20,21). The molecule has 1 heterocycles. The van der Waals surface area contributed by atoms with Gasteiger partial charge in [0, 0.05) is 13.2 Å². The Hall–Kier alpha value is -2.89. The van der Waals surface area contributed by atoms with Crippen LogP contribution in [0.25, 0.3) is 0 Å². The molecule has 1 aromatic carbocycles. The van der Waals surface area contributed by atoms with Crippen molar-refractivity contribution in [1.29, 1.82) is 0 Å². The molecule has 0 aliphatic carbocycles. The van der Waals surface area contributed by atoms with E-state index >= 15 is 0 Å². The summed E-state index contributed by atoms with van der Waals surface area (Å²) < 4.78 is 0. The van der Waals surface area contributed by atoms with E-state index in [9.17, 15) is 4.79 Å². The van der Waals surface area contributed by atoms with Gasteiger partial charge in [0.1, 0.15) is 0 Å². The van der Waals surface area contributed by atoms with Gasteiger partial charge in [-0.2, -0.15) is 0 Å². The van der Waals surface area contributed by atoms with Crippen LogP contribution in [-0.2, 0) is 4.79 Å². The van der Waals surface area contributed by atoms with Crippen molar-refractivity contribution >= 4 is 17.6 Å². The summed E-state index contributed by atoms with van der Waals surface area (Å²) in [4.78, 5) is 20.0. The third-order valence-electron chi connectivity index (χ3n) is 3.24. The molecule has 0 spiro atoms. The highest BCUT2D eigenvalue weighted by atomic mass is 16.1. The molecule has 3 N–H and O–H groups in total. The molecular weight excluding hydrogens is 290 g/mol. The second kappa shape index (κ2) is 8.53. The average Bonchev–Trinajstić information content (AvgIpc) is 2.60. The number of anilines is 1. The van der Waals surface area contributed by atoms with Crippen LogP contribution in [-0.4, -0.2) is 30.4 Å². The lowest BCUT2D eigenvalue weighted by atomic mass is 10.1. The monoisotopic (exact) mass is 311 g/mol. The molecule has 120 valence electrons. The molecule has 1 aromatic heterocycles. The third-order valence-corrected chi connectivity index (χ3v) is 3.24. The van der Waals surface area contributed by atoms with E-state index in [1.807, 2.05) is 37.3 Å². The van der Waals surface area contributed by atoms with Gasteiger partial charge in [-0.15, -0.1) is 0 Å². The van der Waals surface area contributed by atoms with Gasteiger partial charge in [0.05, 0.1) is 24.5 Å². The van der Waals surface area contributed by atoms with E-state index in [0.29, 0.717) is 11.6 Å². The number of amides is 1. The molecule has 0 bridgehead atoms. The summed E-state index contributed by atoms with van der Waals surface area (Å²) >= 11 is 0. The summed E-state index contributed by atoms with van der Waals surface area (Å²) in [6.45, 7) is 2.16. The van der Waals surface area contributed by atoms with Gasteiger partial charge in [-0.1, -0.05) is 30.3 Å². The summed E-state index contributed by atoms with van der Waals surface area (Å²) in [5.74, 6) is 0.413. The van der Waals surface area contributed by atoms with Crippen molar-refractivity contribution in [3.05, 3.63) is 60.4 Å². The number of nitrogens with one attached hydrogen (secondary N) is 3. The van der Waals surface area contributed by atoms with Crippen LogP contribution in [0.2, 0.25) is 0 Å². The molecule has 23 heavy (non-hydrogen) atoms. The largest absolute Gasteiger partial charge is 0.350 e. The first kappa shape index (κ1) is 16.5. The van der Waals surface area contributed by atoms with Gasteiger partial charge >= 0.3 is 0 Å². The molecule has 6 nitrogen and oxygen atoms in total. The number of carbonyl (C=O) groups is 1. The molecular formula is C17H21N5O. The highest BCUT2D eigenvalue weighted by Crippen LogP contribution is 2.10. The first-order valence-corrected chi connectivity index (χ1v) is 7.41. The predicted octanol–water partition coefficient (Wildman–Crippen LogP) is 1.95. The number of aromatic nitrogens is 1. The molecule has 1 unspecified atom stereocenters. The molecule has 0 saturated heterocycles. The smallest absolute Gasteiger partial charge is 0.243 e. The number of benzene rings is 1. The van der Waals surface area contributed by atoms with E-state index in [4.69, 9.17) is 0 Å². The lowest BCUT2D eigenvalue weighted by molar-refractivity contribution is -0.115. The zero-order valence-corrected chi connectivity index (χ0v) is 13.3. The van der Waals surface area contributed by atoms with Gasteiger partial charge in [0.15, 0.2) is 5.96 Å². The lowest BCUT2D eigenvalue weighted by Gasteiger charge is -2.18. The number of carbonyl (C=O) groups excluding carboxylic acids is 1. The third kappa shape index (κ3) is 5.43. The highest BCUT2D eigenvalue weighted by molar-refractivity contribution is 5.94. The van der Waals surface area contributed by atoms with Crippen molar-refractivity contribution in [2.24, 2.45) is 4.99 Å². The summed E-state index contributed by atoms with van der Waals surface area (Å²) in [5, 5.41) is 9.00. The SMILES string of the molecule is CN=C(NCC(=O)Nc1cccnc1)NC(C)c1ccccc1. The first-order valence-electron chi connectivity index (χ1n) is 7.41. The molecule has 0 aliphatic heterocycles. The molecule has 1 atom stereocenters. The Morgan fingerprint density at radius 3 is 2.65 bits per heavy atom. The molecule has 0 radical (unpaired) electrons. The minimum absolute atomic E-state index is 0.0868. The maximum Gasteiger partial charge on any atom is 0.243 e. The highest BCUT2D eigenvalue weighted by Gasteiger charge is 2.08. The van der Waals surface area contributed by atoms with Crippen LogP contribution in [0.4, 0.5) is 5.69 Å². The normalized spacial score (nSPS) is 12.3. The van der Waals surface area contributed by atoms with Gasteiger partial charge in [0.25, 0.3) is 0 Å². The van der Waals surface area contributed by atoms with E-state index in [2.05, 4.69) is 25.9 Å². The van der Waals surface area contributed by atoms with Gasteiger partial charge in [0.2, 0.25) is 5.91 Å². The fraction of sp³-hybridized carbons (Fsp3) is 0.235. The topological polar surface area (TPSA) is 78.4 Å². The summed E-state index contributed by atoms with van der Waals surface area (Å²) in [7, 11) is 1.67. The summed E-state index contributed by atoms with van der Waals surface area (Å²) in [6.07, 6.45) is 3.26. The zero-order chi connectivity index (χ0) is 16.5. The fourth-order valence-corrected chi connectivity index (χ4v) is 2.03. The van der Waals surface area contributed by atoms with Gasteiger partial charge in [-0.05, 0) is 24.6 Å². The minimum Gasteiger partial charge on any atom is -0.350 e. The fourth-order valence-electron chi connectivity index (χ4n) is 2.03. The van der Waals surface area contributed by atoms with Crippen LogP contribution in [0, 0.1) is 0 Å². The number of guanidine groups is 1. The Balaban J connectivity index is 1.82. The Kier molecular flexibility index (Phi) is 6.11. The van der Waals surface area contributed by atoms with E-state index < -0.39 is 0 Å². The molecule has 6 heteroatoms.